The number of rotatable bonds is 2. The van der Waals surface area contributed by atoms with Gasteiger partial charge in [-0.05, 0) is 20.4 Å². The van der Waals surface area contributed by atoms with Gasteiger partial charge in [0, 0.05) is 19.6 Å². The van der Waals surface area contributed by atoms with Crippen molar-refractivity contribution >= 4 is 5.91 Å². The van der Waals surface area contributed by atoms with Gasteiger partial charge in [0.15, 0.2) is 0 Å². The molecule has 0 N–H and O–H groups in total. The van der Waals surface area contributed by atoms with E-state index < -0.39 is 0 Å². The summed E-state index contributed by atoms with van der Waals surface area (Å²) in [7, 11) is 2.01. The summed E-state index contributed by atoms with van der Waals surface area (Å²) < 4.78 is 0. The zero-order chi connectivity index (χ0) is 9.14. The van der Waals surface area contributed by atoms with Gasteiger partial charge in [0.25, 0.3) is 0 Å². The Labute approximate surface area is 74.3 Å². The van der Waals surface area contributed by atoms with E-state index in [4.69, 9.17) is 0 Å². The number of nitrogens with zero attached hydrogens (tertiary/aromatic N) is 2. The molecule has 0 aliphatic carbocycles. The first kappa shape index (κ1) is 9.52. The minimum Gasteiger partial charge on any atom is -0.340 e. The molecule has 1 rings (SSSR count). The molecule has 1 unspecified atom stereocenters. The highest BCUT2D eigenvalue weighted by molar-refractivity contribution is 5.82. The zero-order valence-corrected chi connectivity index (χ0v) is 8.21. The molecule has 70 valence electrons. The van der Waals surface area contributed by atoms with Gasteiger partial charge in [-0.15, -0.1) is 0 Å². The van der Waals surface area contributed by atoms with Crippen molar-refractivity contribution in [2.24, 2.45) is 0 Å². The molecule has 1 fully saturated rings. The number of carbonyl (C=O) groups is 1. The summed E-state index contributed by atoms with van der Waals surface area (Å²) >= 11 is 0. The number of hydrogen-bond acceptors (Lipinski definition) is 2. The van der Waals surface area contributed by atoms with Gasteiger partial charge in [-0.25, -0.2) is 0 Å². The Hall–Kier alpha value is -0.570. The molecule has 0 aromatic heterocycles. The van der Waals surface area contributed by atoms with Gasteiger partial charge < -0.3 is 4.90 Å². The van der Waals surface area contributed by atoms with Crippen molar-refractivity contribution in [1.29, 1.82) is 0 Å². The number of piperazine rings is 1. The van der Waals surface area contributed by atoms with Crippen LogP contribution in [0.2, 0.25) is 0 Å². The van der Waals surface area contributed by atoms with Gasteiger partial charge in [0.1, 0.15) is 0 Å². The molecule has 0 spiro atoms. The minimum atomic E-state index is 0.0744. The largest absolute Gasteiger partial charge is 0.340 e. The molecule has 0 aromatic rings. The third kappa shape index (κ3) is 1.78. The molecule has 1 aliphatic rings. The summed E-state index contributed by atoms with van der Waals surface area (Å²) in [6.07, 6.45) is 1.06. The quantitative estimate of drug-likeness (QED) is 0.604. The predicted molar refractivity (Wildman–Crippen MR) is 49.0 cm³/mol. The molecule has 12 heavy (non-hydrogen) atoms. The van der Waals surface area contributed by atoms with Crippen LogP contribution in [0.4, 0.5) is 0 Å². The topological polar surface area (TPSA) is 23.6 Å². The maximum absolute atomic E-state index is 11.6. The monoisotopic (exact) mass is 170 g/mol. The Morgan fingerprint density at radius 1 is 1.50 bits per heavy atom. The highest BCUT2D eigenvalue weighted by atomic mass is 16.2. The van der Waals surface area contributed by atoms with E-state index in [1.54, 1.807) is 0 Å². The van der Waals surface area contributed by atoms with E-state index in [-0.39, 0.29) is 11.9 Å². The normalized spacial score (nSPS) is 26.4. The Morgan fingerprint density at radius 3 is 2.75 bits per heavy atom. The van der Waals surface area contributed by atoms with E-state index in [1.165, 1.54) is 0 Å². The first-order chi connectivity index (χ1) is 5.66. The highest BCUT2D eigenvalue weighted by Gasteiger charge is 2.27. The van der Waals surface area contributed by atoms with E-state index in [1.807, 2.05) is 18.9 Å². The van der Waals surface area contributed by atoms with Crippen LogP contribution >= 0.6 is 0 Å². The number of likely N-dealkylation sites (N-methyl/N-ethyl adjacent to an activating group) is 1. The summed E-state index contributed by atoms with van der Waals surface area (Å²) in [5.41, 5.74) is 0. The van der Waals surface area contributed by atoms with Gasteiger partial charge in [-0.2, -0.15) is 0 Å². The Kier molecular flexibility index (Phi) is 3.09. The smallest absolute Gasteiger partial charge is 0.239 e. The van der Waals surface area contributed by atoms with Crippen molar-refractivity contribution in [3.63, 3.8) is 0 Å². The Balaban J connectivity index is 2.53. The van der Waals surface area contributed by atoms with E-state index >= 15 is 0 Å². The van der Waals surface area contributed by atoms with Gasteiger partial charge in [0.2, 0.25) is 5.91 Å². The molecule has 3 nitrogen and oxygen atoms in total. The molecule has 0 aromatic carbocycles. The van der Waals surface area contributed by atoms with Gasteiger partial charge in [-0.3, -0.25) is 9.69 Å². The average molecular weight is 170 g/mol. The van der Waals surface area contributed by atoms with Gasteiger partial charge in [-0.1, -0.05) is 6.92 Å². The SMILES string of the molecule is CCCN1CCN(C)C(C)C1=O. The maximum atomic E-state index is 11.6. The lowest BCUT2D eigenvalue weighted by Gasteiger charge is -2.36. The van der Waals surface area contributed by atoms with E-state index in [2.05, 4.69) is 11.8 Å². The van der Waals surface area contributed by atoms with E-state index in [9.17, 15) is 4.79 Å². The average Bonchev–Trinajstić information content (AvgIpc) is 2.07. The number of amides is 1. The standard InChI is InChI=1S/C9H18N2O/c1-4-5-11-7-6-10(3)8(2)9(11)12/h8H,4-7H2,1-3H3. The van der Waals surface area contributed by atoms with Crippen LogP contribution in [0.5, 0.6) is 0 Å². The van der Waals surface area contributed by atoms with Crippen LogP contribution in [-0.4, -0.2) is 48.4 Å². The summed E-state index contributed by atoms with van der Waals surface area (Å²) in [6, 6.07) is 0.0744. The molecule has 1 aliphatic heterocycles. The van der Waals surface area contributed by atoms with Crippen LogP contribution in [0.15, 0.2) is 0 Å². The van der Waals surface area contributed by atoms with Crippen LogP contribution in [0.1, 0.15) is 20.3 Å². The Morgan fingerprint density at radius 2 is 2.17 bits per heavy atom. The lowest BCUT2D eigenvalue weighted by molar-refractivity contribution is -0.140. The third-order valence-electron chi connectivity index (χ3n) is 2.55. The molecule has 1 saturated heterocycles. The fourth-order valence-electron chi connectivity index (χ4n) is 1.53. The van der Waals surface area contributed by atoms with Gasteiger partial charge in [0.05, 0.1) is 6.04 Å². The van der Waals surface area contributed by atoms with Gasteiger partial charge >= 0.3 is 0 Å². The van der Waals surface area contributed by atoms with Crippen LogP contribution < -0.4 is 0 Å². The summed E-state index contributed by atoms with van der Waals surface area (Å²) in [5, 5.41) is 0. The minimum absolute atomic E-state index is 0.0744. The van der Waals surface area contributed by atoms with Crippen molar-refractivity contribution in [3.8, 4) is 0 Å². The lowest BCUT2D eigenvalue weighted by atomic mass is 10.2. The maximum Gasteiger partial charge on any atom is 0.239 e. The summed E-state index contributed by atoms with van der Waals surface area (Å²) in [5.74, 6) is 0.283. The van der Waals surface area contributed by atoms with E-state index in [0.717, 1.165) is 26.1 Å². The van der Waals surface area contributed by atoms with Crippen LogP contribution in [0.25, 0.3) is 0 Å². The molecule has 1 atom stereocenters. The molecule has 0 bridgehead atoms. The lowest BCUT2D eigenvalue weighted by Crippen LogP contribution is -2.54. The van der Waals surface area contributed by atoms with Crippen LogP contribution in [0, 0.1) is 0 Å². The van der Waals surface area contributed by atoms with Crippen molar-refractivity contribution < 1.29 is 4.79 Å². The third-order valence-corrected chi connectivity index (χ3v) is 2.55. The molecular formula is C9H18N2O. The van der Waals surface area contributed by atoms with Crippen LogP contribution in [-0.2, 0) is 4.79 Å². The number of carbonyl (C=O) groups excluding carboxylic acids is 1. The van der Waals surface area contributed by atoms with E-state index in [0.29, 0.717) is 0 Å². The first-order valence-electron chi connectivity index (χ1n) is 4.65. The fourth-order valence-corrected chi connectivity index (χ4v) is 1.53. The predicted octanol–water partition coefficient (Wildman–Crippen LogP) is 0.559. The molecule has 1 heterocycles. The number of hydrogen-bond donors (Lipinski definition) is 0. The Bertz CT molecular complexity index is 170. The summed E-state index contributed by atoms with van der Waals surface area (Å²) in [6.45, 7) is 6.90. The second-order valence-electron chi connectivity index (χ2n) is 3.48. The summed E-state index contributed by atoms with van der Waals surface area (Å²) in [4.78, 5) is 15.7. The molecule has 3 heteroatoms. The first-order valence-corrected chi connectivity index (χ1v) is 4.65. The molecule has 1 amide bonds. The highest BCUT2D eigenvalue weighted by Crippen LogP contribution is 2.08. The van der Waals surface area contributed by atoms with Crippen molar-refractivity contribution in [1.82, 2.24) is 9.80 Å². The molecule has 0 radical (unpaired) electrons. The van der Waals surface area contributed by atoms with Crippen molar-refractivity contribution in [3.05, 3.63) is 0 Å². The second kappa shape index (κ2) is 3.90. The van der Waals surface area contributed by atoms with Crippen molar-refractivity contribution in [2.45, 2.75) is 26.3 Å². The fraction of sp³-hybridized carbons (Fsp3) is 0.889. The second-order valence-corrected chi connectivity index (χ2v) is 3.48. The molecule has 0 saturated carbocycles. The molecular weight excluding hydrogens is 152 g/mol. The van der Waals surface area contributed by atoms with Crippen LogP contribution in [0.3, 0.4) is 0 Å². The zero-order valence-electron chi connectivity index (χ0n) is 8.21. The van der Waals surface area contributed by atoms with Crippen molar-refractivity contribution in [2.75, 3.05) is 26.7 Å².